The first-order valence-corrected chi connectivity index (χ1v) is 11.0. The van der Waals surface area contributed by atoms with Gasteiger partial charge in [-0.1, -0.05) is 12.1 Å². The van der Waals surface area contributed by atoms with Gasteiger partial charge in [0.25, 0.3) is 5.69 Å². The monoisotopic (exact) mass is 472 g/mol. The number of nitrogens with two attached hydrogens (primary N) is 1. The van der Waals surface area contributed by atoms with E-state index in [4.69, 9.17) is 19.9 Å². The van der Waals surface area contributed by atoms with E-state index >= 15 is 0 Å². The number of hydrogen-bond donors (Lipinski definition) is 1. The summed E-state index contributed by atoms with van der Waals surface area (Å²) in [6, 6.07) is 16.5. The molecule has 0 unspecified atom stereocenters. The molecule has 1 aliphatic rings. The summed E-state index contributed by atoms with van der Waals surface area (Å²) in [6.45, 7) is 1.77. The van der Waals surface area contributed by atoms with E-state index in [1.807, 2.05) is 36.4 Å². The highest BCUT2D eigenvalue weighted by molar-refractivity contribution is 5.94. The zero-order valence-corrected chi connectivity index (χ0v) is 19.4. The van der Waals surface area contributed by atoms with Gasteiger partial charge in [0.05, 0.1) is 31.2 Å². The molecule has 4 aromatic rings. The summed E-state index contributed by atoms with van der Waals surface area (Å²) in [5.74, 6) is 2.04. The highest BCUT2D eigenvalue weighted by atomic mass is 16.6. The summed E-state index contributed by atoms with van der Waals surface area (Å²) in [7, 11) is 3.21. The SMILES string of the molecule is COc1cc2nccc(N3CCOc4ccc(-c5ccc(N)c([N+](=O)[O-])c5)cc4C3)c2cc1OC. The van der Waals surface area contributed by atoms with E-state index in [-0.39, 0.29) is 11.4 Å². The van der Waals surface area contributed by atoms with Gasteiger partial charge in [-0.2, -0.15) is 0 Å². The van der Waals surface area contributed by atoms with Gasteiger partial charge in [0.2, 0.25) is 0 Å². The lowest BCUT2D eigenvalue weighted by Crippen LogP contribution is -2.25. The number of rotatable bonds is 5. The van der Waals surface area contributed by atoms with Crippen molar-refractivity contribution in [1.29, 1.82) is 0 Å². The van der Waals surface area contributed by atoms with E-state index in [0.29, 0.717) is 31.2 Å². The zero-order chi connectivity index (χ0) is 24.5. The van der Waals surface area contributed by atoms with E-state index in [9.17, 15) is 10.1 Å². The maximum absolute atomic E-state index is 11.4. The molecule has 0 bridgehead atoms. The number of methoxy groups -OCH3 is 2. The van der Waals surface area contributed by atoms with Crippen LogP contribution in [0.5, 0.6) is 17.2 Å². The Bertz CT molecular complexity index is 1440. The lowest BCUT2D eigenvalue weighted by molar-refractivity contribution is -0.383. The highest BCUT2D eigenvalue weighted by Gasteiger charge is 2.20. The minimum atomic E-state index is -0.467. The number of nitro groups is 1. The number of pyridine rings is 1. The van der Waals surface area contributed by atoms with Gasteiger partial charge >= 0.3 is 0 Å². The number of nitro benzene ring substituents is 1. The molecule has 0 spiro atoms. The second-order valence-corrected chi connectivity index (χ2v) is 8.18. The van der Waals surface area contributed by atoms with Crippen LogP contribution in [0.1, 0.15) is 5.56 Å². The average Bonchev–Trinajstić information content (AvgIpc) is 3.09. The molecule has 1 aliphatic heterocycles. The Hall–Kier alpha value is -4.53. The molecule has 35 heavy (non-hydrogen) atoms. The molecule has 2 N–H and O–H groups in total. The predicted molar refractivity (Wildman–Crippen MR) is 134 cm³/mol. The predicted octanol–water partition coefficient (Wildman–Crippen LogP) is 4.81. The fourth-order valence-electron chi connectivity index (χ4n) is 4.39. The minimum absolute atomic E-state index is 0.108. The third-order valence-corrected chi connectivity index (χ3v) is 6.17. The van der Waals surface area contributed by atoms with Crippen LogP contribution in [0.25, 0.3) is 22.0 Å². The lowest BCUT2D eigenvalue weighted by Gasteiger charge is -2.24. The van der Waals surface area contributed by atoms with Crippen LogP contribution in [-0.4, -0.2) is 37.3 Å². The largest absolute Gasteiger partial charge is 0.493 e. The standard InChI is InChI=1S/C26H24N4O5/c1-33-25-13-19-21(14-26(25)34-2)28-8-7-22(19)29-9-10-35-24-6-4-16(11-18(24)15-29)17-3-5-20(27)23(12-17)30(31)32/h3-8,11-14H,9-10,15,27H2,1-2H3. The quantitative estimate of drug-likeness (QED) is 0.250. The van der Waals surface area contributed by atoms with Gasteiger partial charge in [-0.3, -0.25) is 15.1 Å². The van der Waals surface area contributed by atoms with Crippen LogP contribution < -0.4 is 24.8 Å². The first-order chi connectivity index (χ1) is 17.0. The Morgan fingerprint density at radius 2 is 1.77 bits per heavy atom. The van der Waals surface area contributed by atoms with E-state index in [2.05, 4.69) is 9.88 Å². The number of hydrogen-bond acceptors (Lipinski definition) is 8. The number of ether oxygens (including phenoxy) is 3. The Labute approximate surface area is 201 Å². The van der Waals surface area contributed by atoms with Crippen molar-refractivity contribution >= 4 is 28.0 Å². The van der Waals surface area contributed by atoms with Gasteiger partial charge in [-0.05, 0) is 41.5 Å². The summed E-state index contributed by atoms with van der Waals surface area (Å²) in [4.78, 5) is 17.6. The third-order valence-electron chi connectivity index (χ3n) is 6.17. The molecule has 2 heterocycles. The molecular formula is C26H24N4O5. The van der Waals surface area contributed by atoms with Crippen molar-refractivity contribution in [2.75, 3.05) is 38.0 Å². The van der Waals surface area contributed by atoms with Gasteiger partial charge in [-0.15, -0.1) is 0 Å². The van der Waals surface area contributed by atoms with Crippen molar-refractivity contribution < 1.29 is 19.1 Å². The number of nitrogen functional groups attached to an aromatic ring is 1. The van der Waals surface area contributed by atoms with E-state index < -0.39 is 4.92 Å². The number of aromatic nitrogens is 1. The molecular weight excluding hydrogens is 448 g/mol. The Morgan fingerprint density at radius 1 is 1.03 bits per heavy atom. The second-order valence-electron chi connectivity index (χ2n) is 8.18. The molecule has 0 saturated carbocycles. The van der Waals surface area contributed by atoms with Gasteiger partial charge in [0.1, 0.15) is 18.0 Å². The molecule has 1 aromatic heterocycles. The van der Waals surface area contributed by atoms with Crippen molar-refractivity contribution in [3.63, 3.8) is 0 Å². The van der Waals surface area contributed by atoms with Crippen LogP contribution in [0.15, 0.2) is 60.8 Å². The van der Waals surface area contributed by atoms with Crippen LogP contribution >= 0.6 is 0 Å². The Morgan fingerprint density at radius 3 is 2.54 bits per heavy atom. The molecule has 0 fully saturated rings. The number of benzene rings is 3. The van der Waals surface area contributed by atoms with Crippen LogP contribution in [0.3, 0.4) is 0 Å². The minimum Gasteiger partial charge on any atom is -0.493 e. The fourth-order valence-corrected chi connectivity index (χ4v) is 4.39. The Balaban J connectivity index is 1.55. The van der Waals surface area contributed by atoms with Crippen molar-refractivity contribution in [3.05, 3.63) is 76.5 Å². The van der Waals surface area contributed by atoms with Crippen molar-refractivity contribution in [1.82, 2.24) is 4.98 Å². The maximum Gasteiger partial charge on any atom is 0.292 e. The number of fused-ring (bicyclic) bond motifs is 2. The van der Waals surface area contributed by atoms with E-state index in [1.165, 1.54) is 6.07 Å². The van der Waals surface area contributed by atoms with Crippen molar-refractivity contribution in [2.45, 2.75) is 6.54 Å². The van der Waals surface area contributed by atoms with E-state index in [1.54, 1.807) is 32.5 Å². The van der Waals surface area contributed by atoms with Crippen molar-refractivity contribution in [3.8, 4) is 28.4 Å². The van der Waals surface area contributed by atoms with Crippen LogP contribution in [0.2, 0.25) is 0 Å². The highest BCUT2D eigenvalue weighted by Crippen LogP contribution is 2.38. The van der Waals surface area contributed by atoms with Crippen LogP contribution in [0, 0.1) is 10.1 Å². The topological polar surface area (TPSA) is 113 Å². The summed E-state index contributed by atoms with van der Waals surface area (Å²) in [5, 5.41) is 12.3. The molecule has 178 valence electrons. The lowest BCUT2D eigenvalue weighted by atomic mass is 10.0. The number of nitrogens with zero attached hydrogens (tertiary/aromatic N) is 3. The van der Waals surface area contributed by atoms with Crippen LogP contribution in [-0.2, 0) is 6.54 Å². The molecule has 0 radical (unpaired) electrons. The Kier molecular flexibility index (Phi) is 5.74. The first kappa shape index (κ1) is 22.3. The normalized spacial score (nSPS) is 13.0. The molecule has 5 rings (SSSR count). The zero-order valence-electron chi connectivity index (χ0n) is 19.4. The summed E-state index contributed by atoms with van der Waals surface area (Å²) >= 11 is 0. The summed E-state index contributed by atoms with van der Waals surface area (Å²) in [6.07, 6.45) is 1.78. The molecule has 0 atom stereocenters. The summed E-state index contributed by atoms with van der Waals surface area (Å²) < 4.78 is 17.0. The first-order valence-electron chi connectivity index (χ1n) is 11.0. The van der Waals surface area contributed by atoms with Crippen LogP contribution in [0.4, 0.5) is 17.1 Å². The molecule has 0 amide bonds. The average molecular weight is 473 g/mol. The maximum atomic E-state index is 11.4. The summed E-state index contributed by atoms with van der Waals surface area (Å²) in [5.41, 5.74) is 10.2. The fraction of sp³-hybridized carbons (Fsp3) is 0.192. The number of anilines is 2. The smallest absolute Gasteiger partial charge is 0.292 e. The van der Waals surface area contributed by atoms with Gasteiger partial charge in [0.15, 0.2) is 11.5 Å². The molecule has 3 aromatic carbocycles. The van der Waals surface area contributed by atoms with Gasteiger partial charge in [0, 0.05) is 41.5 Å². The molecule has 0 saturated heterocycles. The van der Waals surface area contributed by atoms with Crippen molar-refractivity contribution in [2.24, 2.45) is 0 Å². The molecule has 0 aliphatic carbocycles. The molecule has 9 heteroatoms. The third kappa shape index (κ3) is 4.12. The van der Waals surface area contributed by atoms with Gasteiger partial charge in [-0.25, -0.2) is 0 Å². The molecule has 9 nitrogen and oxygen atoms in total. The van der Waals surface area contributed by atoms with E-state index in [0.717, 1.165) is 39.0 Å². The van der Waals surface area contributed by atoms with Gasteiger partial charge < -0.3 is 24.8 Å². The second kappa shape index (κ2) is 9.02.